The third kappa shape index (κ3) is 6.97. The molecule has 25 heavy (non-hydrogen) atoms. The van der Waals surface area contributed by atoms with Gasteiger partial charge in [-0.15, -0.1) is 0 Å². The van der Waals surface area contributed by atoms with Crippen molar-refractivity contribution < 1.29 is 19.1 Å². The van der Waals surface area contributed by atoms with Crippen LogP contribution in [0.5, 0.6) is 5.75 Å². The van der Waals surface area contributed by atoms with Crippen LogP contribution < -0.4 is 10.1 Å². The molecule has 6 heteroatoms. The van der Waals surface area contributed by atoms with E-state index in [4.69, 9.17) is 9.47 Å². The number of para-hydroxylation sites is 1. The number of nitrogens with one attached hydrogen (secondary N) is 1. The molecule has 0 bridgehead atoms. The molecule has 0 aliphatic heterocycles. The van der Waals surface area contributed by atoms with Crippen molar-refractivity contribution in [3.63, 3.8) is 0 Å². The molecule has 0 heterocycles. The predicted octanol–water partition coefficient (Wildman–Crippen LogP) is 4.10. The van der Waals surface area contributed by atoms with E-state index in [1.165, 1.54) is 0 Å². The minimum Gasteiger partial charge on any atom is -0.494 e. The van der Waals surface area contributed by atoms with Crippen LogP contribution in [-0.2, 0) is 14.3 Å². The van der Waals surface area contributed by atoms with Crippen molar-refractivity contribution in [1.29, 1.82) is 0 Å². The molecule has 0 saturated carbocycles. The summed E-state index contributed by atoms with van der Waals surface area (Å²) in [6.45, 7) is 2.07. The number of amides is 1. The van der Waals surface area contributed by atoms with E-state index in [0.29, 0.717) is 18.7 Å². The Bertz CT molecular complexity index is 719. The van der Waals surface area contributed by atoms with E-state index in [2.05, 4.69) is 21.2 Å². The van der Waals surface area contributed by atoms with Crippen molar-refractivity contribution in [3.8, 4) is 5.75 Å². The van der Waals surface area contributed by atoms with Gasteiger partial charge in [-0.3, -0.25) is 9.59 Å². The fourth-order valence-electron chi connectivity index (χ4n) is 2.05. The molecule has 2 aromatic rings. The summed E-state index contributed by atoms with van der Waals surface area (Å²) in [6.07, 6.45) is 0.729. The lowest BCUT2D eigenvalue weighted by atomic mass is 10.2. The number of carbonyl (C=O) groups is 2. The topological polar surface area (TPSA) is 64.6 Å². The number of anilines is 1. The normalized spacial score (nSPS) is 10.2. The van der Waals surface area contributed by atoms with Gasteiger partial charge in [-0.2, -0.15) is 0 Å². The van der Waals surface area contributed by atoms with E-state index in [0.717, 1.165) is 15.8 Å². The van der Waals surface area contributed by atoms with Crippen LogP contribution in [0.4, 0.5) is 5.69 Å². The van der Waals surface area contributed by atoms with Crippen LogP contribution in [-0.4, -0.2) is 25.1 Å². The van der Waals surface area contributed by atoms with Gasteiger partial charge in [-0.25, -0.2) is 0 Å². The molecule has 0 aliphatic carbocycles. The first-order chi connectivity index (χ1) is 12.0. The molecule has 2 rings (SSSR count). The summed E-state index contributed by atoms with van der Waals surface area (Å²) in [5.74, 6) is -0.0351. The van der Waals surface area contributed by atoms with Crippen LogP contribution in [0, 0.1) is 6.92 Å². The zero-order valence-corrected chi connectivity index (χ0v) is 15.5. The largest absolute Gasteiger partial charge is 0.494 e. The summed E-state index contributed by atoms with van der Waals surface area (Å²) < 4.78 is 11.2. The van der Waals surface area contributed by atoms with Crippen LogP contribution in [0.1, 0.15) is 18.4 Å². The van der Waals surface area contributed by atoms with Gasteiger partial charge in [-0.1, -0.05) is 24.3 Å². The molecule has 0 aromatic heterocycles. The summed E-state index contributed by atoms with van der Waals surface area (Å²) in [6, 6.07) is 15.0. The lowest BCUT2D eigenvalue weighted by Crippen LogP contribution is -2.21. The fraction of sp³-hybridized carbons (Fsp3) is 0.263. The molecular weight excluding hydrogens is 386 g/mol. The third-order valence-corrected chi connectivity index (χ3v) is 3.96. The molecule has 1 N–H and O–H groups in total. The van der Waals surface area contributed by atoms with Gasteiger partial charge in [0.25, 0.3) is 5.91 Å². The predicted molar refractivity (Wildman–Crippen MR) is 99.6 cm³/mol. The number of esters is 1. The van der Waals surface area contributed by atoms with Gasteiger partial charge in [-0.05, 0) is 59.1 Å². The number of aryl methyl sites for hydroxylation is 1. The Morgan fingerprint density at radius 1 is 1.12 bits per heavy atom. The SMILES string of the molecule is Cc1ccc(NC(=O)COC(=O)CCCOc2ccccc2)c(Br)c1. The van der Waals surface area contributed by atoms with Gasteiger partial charge in [0.1, 0.15) is 5.75 Å². The summed E-state index contributed by atoms with van der Waals surface area (Å²) in [5.41, 5.74) is 1.72. The number of hydrogen-bond donors (Lipinski definition) is 1. The molecular formula is C19H20BrNO4. The molecule has 2 aromatic carbocycles. The molecule has 1 amide bonds. The maximum Gasteiger partial charge on any atom is 0.306 e. The zero-order chi connectivity index (χ0) is 18.1. The van der Waals surface area contributed by atoms with E-state index in [1.807, 2.05) is 49.4 Å². The molecule has 5 nitrogen and oxygen atoms in total. The average Bonchev–Trinajstić information content (AvgIpc) is 2.60. The molecule has 0 radical (unpaired) electrons. The summed E-state index contributed by atoms with van der Waals surface area (Å²) in [7, 11) is 0. The van der Waals surface area contributed by atoms with E-state index in [1.54, 1.807) is 6.07 Å². The van der Waals surface area contributed by atoms with Crippen LogP contribution in [0.2, 0.25) is 0 Å². The minimum atomic E-state index is -0.421. The van der Waals surface area contributed by atoms with Gasteiger partial charge >= 0.3 is 5.97 Å². The van der Waals surface area contributed by atoms with Gasteiger partial charge in [0.2, 0.25) is 0 Å². The number of carbonyl (C=O) groups excluding carboxylic acids is 2. The second-order valence-corrected chi connectivity index (χ2v) is 6.31. The Labute approximate surface area is 155 Å². The van der Waals surface area contributed by atoms with E-state index < -0.39 is 5.97 Å². The monoisotopic (exact) mass is 405 g/mol. The van der Waals surface area contributed by atoms with Crippen molar-refractivity contribution in [2.75, 3.05) is 18.5 Å². The molecule has 0 unspecified atom stereocenters. The zero-order valence-electron chi connectivity index (χ0n) is 14.0. The van der Waals surface area contributed by atoms with Crippen molar-refractivity contribution in [3.05, 3.63) is 58.6 Å². The van der Waals surface area contributed by atoms with Crippen LogP contribution >= 0.6 is 15.9 Å². The first-order valence-electron chi connectivity index (χ1n) is 7.94. The smallest absolute Gasteiger partial charge is 0.306 e. The lowest BCUT2D eigenvalue weighted by Gasteiger charge is -2.09. The second-order valence-electron chi connectivity index (χ2n) is 5.46. The Kier molecular flexibility index (Phi) is 7.47. The summed E-state index contributed by atoms with van der Waals surface area (Å²) in [4.78, 5) is 23.5. The van der Waals surface area contributed by atoms with Crippen molar-refractivity contribution >= 4 is 33.5 Å². The molecule has 132 valence electrons. The molecule has 0 atom stereocenters. The average molecular weight is 406 g/mol. The van der Waals surface area contributed by atoms with E-state index in [9.17, 15) is 9.59 Å². The molecule has 0 fully saturated rings. The van der Waals surface area contributed by atoms with Crippen molar-refractivity contribution in [1.82, 2.24) is 0 Å². The molecule has 0 aliphatic rings. The standard InChI is InChI=1S/C19H20BrNO4/c1-14-9-10-17(16(20)12-14)21-18(22)13-25-19(23)8-5-11-24-15-6-3-2-4-7-15/h2-4,6-7,9-10,12H,5,8,11,13H2,1H3,(H,21,22). The summed E-state index contributed by atoms with van der Waals surface area (Å²) >= 11 is 3.38. The third-order valence-electron chi connectivity index (χ3n) is 3.30. The quantitative estimate of drug-likeness (QED) is 0.530. The number of benzene rings is 2. The van der Waals surface area contributed by atoms with Crippen LogP contribution in [0.3, 0.4) is 0 Å². The highest BCUT2D eigenvalue weighted by Gasteiger charge is 2.09. The maximum atomic E-state index is 11.8. The maximum absolute atomic E-state index is 11.8. The number of ether oxygens (including phenoxy) is 2. The van der Waals surface area contributed by atoms with Gasteiger partial charge in [0.05, 0.1) is 12.3 Å². The number of hydrogen-bond acceptors (Lipinski definition) is 4. The molecule has 0 spiro atoms. The fourth-order valence-corrected chi connectivity index (χ4v) is 2.64. The molecule has 0 saturated heterocycles. The van der Waals surface area contributed by atoms with Crippen molar-refractivity contribution in [2.45, 2.75) is 19.8 Å². The van der Waals surface area contributed by atoms with Gasteiger partial charge in [0.15, 0.2) is 6.61 Å². The van der Waals surface area contributed by atoms with Crippen molar-refractivity contribution in [2.24, 2.45) is 0 Å². The van der Waals surface area contributed by atoms with Crippen LogP contribution in [0.25, 0.3) is 0 Å². The second kappa shape index (κ2) is 9.84. The highest BCUT2D eigenvalue weighted by Crippen LogP contribution is 2.23. The lowest BCUT2D eigenvalue weighted by molar-refractivity contribution is -0.147. The number of rotatable bonds is 8. The van der Waals surface area contributed by atoms with Gasteiger partial charge in [0, 0.05) is 10.9 Å². The Morgan fingerprint density at radius 3 is 2.60 bits per heavy atom. The van der Waals surface area contributed by atoms with Gasteiger partial charge < -0.3 is 14.8 Å². The number of halogens is 1. The first-order valence-corrected chi connectivity index (χ1v) is 8.73. The highest BCUT2D eigenvalue weighted by atomic mass is 79.9. The van der Waals surface area contributed by atoms with E-state index in [-0.39, 0.29) is 18.9 Å². The Balaban J connectivity index is 1.63. The van der Waals surface area contributed by atoms with Crippen LogP contribution in [0.15, 0.2) is 53.0 Å². The first kappa shape index (κ1) is 19.0. The van der Waals surface area contributed by atoms with E-state index >= 15 is 0 Å². The Hall–Kier alpha value is -2.34. The summed E-state index contributed by atoms with van der Waals surface area (Å²) in [5, 5.41) is 2.69. The minimum absolute atomic E-state index is 0.203. The highest BCUT2D eigenvalue weighted by molar-refractivity contribution is 9.10. The Morgan fingerprint density at radius 2 is 1.88 bits per heavy atom.